The molecule has 15 heavy (non-hydrogen) atoms. The molecule has 1 fully saturated rings. The maximum absolute atomic E-state index is 5.07. The summed E-state index contributed by atoms with van der Waals surface area (Å²) in [7, 11) is 1.78. The van der Waals surface area contributed by atoms with Crippen LogP contribution in [0, 0.1) is 0 Å². The Morgan fingerprint density at radius 1 is 1.40 bits per heavy atom. The van der Waals surface area contributed by atoms with E-state index in [0.29, 0.717) is 12.1 Å². The van der Waals surface area contributed by atoms with Gasteiger partial charge in [0.05, 0.1) is 0 Å². The van der Waals surface area contributed by atoms with E-state index < -0.39 is 0 Å². The zero-order valence-corrected chi connectivity index (χ0v) is 10.5. The van der Waals surface area contributed by atoms with E-state index in [1.807, 2.05) is 0 Å². The Hall–Kier alpha value is -0.120. The summed E-state index contributed by atoms with van der Waals surface area (Å²) < 4.78 is 5.07. The van der Waals surface area contributed by atoms with Crippen molar-refractivity contribution in [3.8, 4) is 0 Å². The van der Waals surface area contributed by atoms with Gasteiger partial charge in [-0.25, -0.2) is 0 Å². The molecule has 0 aromatic heterocycles. The molecule has 0 aromatic rings. The molecule has 1 heterocycles. The van der Waals surface area contributed by atoms with Gasteiger partial charge >= 0.3 is 0 Å². The third-order valence-electron chi connectivity index (χ3n) is 3.32. The minimum absolute atomic E-state index is 0.690. The molecule has 0 saturated carbocycles. The van der Waals surface area contributed by atoms with Crippen LogP contribution in [0.5, 0.6) is 0 Å². The predicted molar refractivity (Wildman–Crippen MR) is 64.2 cm³/mol. The Kier molecular flexibility index (Phi) is 6.22. The molecule has 2 atom stereocenters. The lowest BCUT2D eigenvalue weighted by Gasteiger charge is -2.38. The van der Waals surface area contributed by atoms with Crippen LogP contribution < -0.4 is 5.32 Å². The normalized spacial score (nSPS) is 28.2. The fraction of sp³-hybridized carbons (Fsp3) is 1.00. The molecular formula is C12H26N2O. The monoisotopic (exact) mass is 214 g/mol. The lowest BCUT2D eigenvalue weighted by atomic mass is 10.1. The third-order valence-corrected chi connectivity index (χ3v) is 3.32. The molecule has 0 radical (unpaired) electrons. The molecule has 0 aliphatic carbocycles. The maximum atomic E-state index is 5.07. The van der Waals surface area contributed by atoms with E-state index in [9.17, 15) is 0 Å². The first-order valence-electron chi connectivity index (χ1n) is 6.24. The summed E-state index contributed by atoms with van der Waals surface area (Å²) in [5.74, 6) is 0. The van der Waals surface area contributed by atoms with Gasteiger partial charge in [-0.1, -0.05) is 6.92 Å². The summed E-state index contributed by atoms with van der Waals surface area (Å²) in [5, 5.41) is 3.58. The number of nitrogens with one attached hydrogen (secondary N) is 1. The highest BCUT2D eigenvalue weighted by molar-refractivity contribution is 4.82. The van der Waals surface area contributed by atoms with Crippen LogP contribution in [-0.4, -0.2) is 50.3 Å². The van der Waals surface area contributed by atoms with E-state index in [2.05, 4.69) is 24.1 Å². The molecule has 0 bridgehead atoms. The van der Waals surface area contributed by atoms with E-state index in [1.54, 1.807) is 7.11 Å². The Morgan fingerprint density at radius 3 is 2.87 bits per heavy atom. The van der Waals surface area contributed by atoms with Crippen LogP contribution in [0.15, 0.2) is 0 Å². The number of hydrogen-bond donors (Lipinski definition) is 1. The number of piperazine rings is 1. The summed E-state index contributed by atoms with van der Waals surface area (Å²) in [6.07, 6.45) is 3.68. The molecule has 0 aromatic carbocycles. The molecule has 1 aliphatic rings. The van der Waals surface area contributed by atoms with Crippen molar-refractivity contribution in [2.75, 3.05) is 33.4 Å². The third kappa shape index (κ3) is 4.49. The molecule has 3 nitrogen and oxygen atoms in total. The van der Waals surface area contributed by atoms with Gasteiger partial charge in [0.15, 0.2) is 0 Å². The highest BCUT2D eigenvalue weighted by Gasteiger charge is 2.22. The van der Waals surface area contributed by atoms with Crippen molar-refractivity contribution in [3.05, 3.63) is 0 Å². The van der Waals surface area contributed by atoms with Crippen LogP contribution in [-0.2, 0) is 4.74 Å². The van der Waals surface area contributed by atoms with Crippen LogP contribution in [0.2, 0.25) is 0 Å². The number of nitrogens with zero attached hydrogens (tertiary/aromatic N) is 1. The van der Waals surface area contributed by atoms with Crippen molar-refractivity contribution in [3.63, 3.8) is 0 Å². The Bertz CT molecular complexity index is 164. The minimum atomic E-state index is 0.690. The second-order valence-corrected chi connectivity index (χ2v) is 4.56. The van der Waals surface area contributed by atoms with E-state index >= 15 is 0 Å². The van der Waals surface area contributed by atoms with Crippen molar-refractivity contribution in [1.29, 1.82) is 0 Å². The van der Waals surface area contributed by atoms with Gasteiger partial charge < -0.3 is 10.1 Å². The van der Waals surface area contributed by atoms with Crippen LogP contribution in [0.25, 0.3) is 0 Å². The zero-order chi connectivity index (χ0) is 11.1. The van der Waals surface area contributed by atoms with Gasteiger partial charge in [0, 0.05) is 38.9 Å². The average molecular weight is 214 g/mol. The topological polar surface area (TPSA) is 24.5 Å². The summed E-state index contributed by atoms with van der Waals surface area (Å²) in [6.45, 7) is 9.06. The van der Waals surface area contributed by atoms with Crippen LogP contribution in [0.1, 0.15) is 33.1 Å². The number of hydrogen-bond acceptors (Lipinski definition) is 3. The van der Waals surface area contributed by atoms with Crippen molar-refractivity contribution < 1.29 is 4.74 Å². The summed E-state index contributed by atoms with van der Waals surface area (Å²) >= 11 is 0. The standard InChI is InChI=1S/C12H26N2O/c1-4-12-10-14(11(2)9-13-12)7-5-6-8-15-3/h11-13H,4-10H2,1-3H3. The van der Waals surface area contributed by atoms with Crippen LogP contribution in [0.3, 0.4) is 0 Å². The zero-order valence-electron chi connectivity index (χ0n) is 10.5. The minimum Gasteiger partial charge on any atom is -0.385 e. The lowest BCUT2D eigenvalue weighted by molar-refractivity contribution is 0.129. The van der Waals surface area contributed by atoms with E-state index in [1.165, 1.54) is 32.4 Å². The van der Waals surface area contributed by atoms with Gasteiger partial charge in [0.25, 0.3) is 0 Å². The van der Waals surface area contributed by atoms with Gasteiger partial charge in [-0.3, -0.25) is 4.90 Å². The van der Waals surface area contributed by atoms with Crippen molar-refractivity contribution >= 4 is 0 Å². The fourth-order valence-electron chi connectivity index (χ4n) is 2.14. The maximum Gasteiger partial charge on any atom is 0.0462 e. The van der Waals surface area contributed by atoms with Gasteiger partial charge in [-0.05, 0) is 32.7 Å². The Balaban J connectivity index is 2.19. The van der Waals surface area contributed by atoms with Crippen molar-refractivity contribution in [1.82, 2.24) is 10.2 Å². The molecule has 1 aliphatic heterocycles. The first-order chi connectivity index (χ1) is 7.27. The number of ether oxygens (including phenoxy) is 1. The largest absolute Gasteiger partial charge is 0.385 e. The Labute approximate surface area is 94.2 Å². The van der Waals surface area contributed by atoms with Gasteiger partial charge in [-0.2, -0.15) is 0 Å². The highest BCUT2D eigenvalue weighted by atomic mass is 16.5. The van der Waals surface area contributed by atoms with Crippen molar-refractivity contribution in [2.45, 2.75) is 45.2 Å². The van der Waals surface area contributed by atoms with Crippen molar-refractivity contribution in [2.24, 2.45) is 0 Å². The molecule has 2 unspecified atom stereocenters. The van der Waals surface area contributed by atoms with Gasteiger partial charge in [0.1, 0.15) is 0 Å². The van der Waals surface area contributed by atoms with Gasteiger partial charge in [0.2, 0.25) is 0 Å². The predicted octanol–water partition coefficient (Wildman–Crippen LogP) is 1.49. The number of methoxy groups -OCH3 is 1. The summed E-state index contributed by atoms with van der Waals surface area (Å²) in [5.41, 5.74) is 0. The van der Waals surface area contributed by atoms with E-state index in [-0.39, 0.29) is 0 Å². The number of rotatable bonds is 6. The SMILES string of the molecule is CCC1CN(CCCCOC)C(C)CN1. The summed E-state index contributed by atoms with van der Waals surface area (Å²) in [4.78, 5) is 2.61. The molecule has 3 heteroatoms. The first-order valence-corrected chi connectivity index (χ1v) is 6.24. The van der Waals surface area contributed by atoms with E-state index in [4.69, 9.17) is 4.74 Å². The van der Waals surface area contributed by atoms with Gasteiger partial charge in [-0.15, -0.1) is 0 Å². The molecule has 0 spiro atoms. The summed E-state index contributed by atoms with van der Waals surface area (Å²) in [6, 6.07) is 1.39. The second-order valence-electron chi connectivity index (χ2n) is 4.56. The fourth-order valence-corrected chi connectivity index (χ4v) is 2.14. The van der Waals surface area contributed by atoms with Crippen LogP contribution in [0.4, 0.5) is 0 Å². The Morgan fingerprint density at radius 2 is 2.20 bits per heavy atom. The number of unbranched alkanes of at least 4 members (excludes halogenated alkanes) is 1. The molecule has 90 valence electrons. The molecule has 1 rings (SSSR count). The average Bonchev–Trinajstić information content (AvgIpc) is 2.26. The van der Waals surface area contributed by atoms with E-state index in [0.717, 1.165) is 13.2 Å². The van der Waals surface area contributed by atoms with Crippen LogP contribution >= 0.6 is 0 Å². The smallest absolute Gasteiger partial charge is 0.0462 e. The molecule has 0 amide bonds. The second kappa shape index (κ2) is 7.20. The molecule has 1 saturated heterocycles. The lowest BCUT2D eigenvalue weighted by Crippen LogP contribution is -2.55. The highest BCUT2D eigenvalue weighted by Crippen LogP contribution is 2.09. The molecular weight excluding hydrogens is 188 g/mol. The molecule has 1 N–H and O–H groups in total. The first kappa shape index (κ1) is 12.9. The quantitative estimate of drug-likeness (QED) is 0.678.